The summed E-state index contributed by atoms with van der Waals surface area (Å²) in [6.07, 6.45) is -3.33. The topological polar surface area (TPSA) is 0 Å². The number of alkyl halides is 3. The van der Waals surface area contributed by atoms with Crippen molar-refractivity contribution in [3.8, 4) is 11.1 Å². The van der Waals surface area contributed by atoms with Crippen molar-refractivity contribution in [3.05, 3.63) is 59.2 Å². The average Bonchev–Trinajstić information content (AvgIpc) is 2.38. The third-order valence-electron chi connectivity index (χ3n) is 3.23. The first-order valence-corrected chi connectivity index (χ1v) is 6.19. The number of hydrogen-bond acceptors (Lipinski definition) is 0. The Hall–Kier alpha value is -1.77. The molecule has 0 aliphatic carbocycles. The molecule has 0 aliphatic heterocycles. The molecule has 2 rings (SSSR count). The van der Waals surface area contributed by atoms with E-state index in [-0.39, 0.29) is 0 Å². The number of benzene rings is 2. The molecule has 0 aromatic heterocycles. The van der Waals surface area contributed by atoms with Gasteiger partial charge in [0.15, 0.2) is 0 Å². The van der Waals surface area contributed by atoms with Gasteiger partial charge in [-0.05, 0) is 47.7 Å². The third kappa shape index (κ3) is 2.98. The van der Waals surface area contributed by atoms with Gasteiger partial charge in [-0.1, -0.05) is 37.3 Å². The van der Waals surface area contributed by atoms with E-state index in [0.29, 0.717) is 5.56 Å². The first-order valence-electron chi connectivity index (χ1n) is 6.19. The summed E-state index contributed by atoms with van der Waals surface area (Å²) in [5, 5.41) is 0. The van der Waals surface area contributed by atoms with Gasteiger partial charge in [0.2, 0.25) is 0 Å². The lowest BCUT2D eigenvalue weighted by molar-refractivity contribution is -0.137. The molecule has 0 aliphatic rings. The highest BCUT2D eigenvalue weighted by Gasteiger charge is 2.30. The zero-order chi connectivity index (χ0) is 14.0. The van der Waals surface area contributed by atoms with Crippen molar-refractivity contribution in [3.63, 3.8) is 0 Å². The van der Waals surface area contributed by atoms with Crippen molar-refractivity contribution in [2.45, 2.75) is 26.4 Å². The quantitative estimate of drug-likeness (QED) is 0.695. The van der Waals surface area contributed by atoms with E-state index in [0.717, 1.165) is 23.6 Å². The molecule has 0 N–H and O–H groups in total. The van der Waals surface area contributed by atoms with E-state index in [2.05, 4.69) is 6.92 Å². The van der Waals surface area contributed by atoms with Gasteiger partial charge in [0, 0.05) is 0 Å². The molecule has 0 bridgehead atoms. The highest BCUT2D eigenvalue weighted by atomic mass is 19.4. The van der Waals surface area contributed by atoms with E-state index < -0.39 is 11.7 Å². The summed E-state index contributed by atoms with van der Waals surface area (Å²) in [7, 11) is 0. The lowest BCUT2D eigenvalue weighted by atomic mass is 9.97. The summed E-state index contributed by atoms with van der Waals surface area (Å²) in [4.78, 5) is 0. The van der Waals surface area contributed by atoms with E-state index in [9.17, 15) is 13.2 Å². The highest BCUT2D eigenvalue weighted by molar-refractivity contribution is 5.67. The van der Waals surface area contributed by atoms with Crippen LogP contribution in [-0.4, -0.2) is 0 Å². The second-order valence-electron chi connectivity index (χ2n) is 4.58. The van der Waals surface area contributed by atoms with Gasteiger partial charge in [0.1, 0.15) is 0 Å². The largest absolute Gasteiger partial charge is 0.416 e. The Labute approximate surface area is 110 Å². The molecule has 0 nitrogen and oxygen atoms in total. The van der Waals surface area contributed by atoms with Crippen molar-refractivity contribution < 1.29 is 13.2 Å². The molecule has 2 aromatic rings. The Balaban J connectivity index is 2.40. The Morgan fingerprint density at radius 3 is 2.05 bits per heavy atom. The maximum absolute atomic E-state index is 12.6. The molecule has 100 valence electrons. The van der Waals surface area contributed by atoms with Crippen LogP contribution in [0.25, 0.3) is 11.1 Å². The maximum Gasteiger partial charge on any atom is 0.416 e. The van der Waals surface area contributed by atoms with Gasteiger partial charge in [0.25, 0.3) is 0 Å². The van der Waals surface area contributed by atoms with Crippen LogP contribution in [0.1, 0.15) is 23.6 Å². The maximum atomic E-state index is 12.6. The molecule has 0 amide bonds. The van der Waals surface area contributed by atoms with Crippen LogP contribution >= 0.6 is 0 Å². The predicted molar refractivity (Wildman–Crippen MR) is 71.0 cm³/mol. The molecule has 0 saturated heterocycles. The summed E-state index contributed by atoms with van der Waals surface area (Å²) in [5.41, 5.74) is 3.05. The third-order valence-corrected chi connectivity index (χ3v) is 3.23. The van der Waals surface area contributed by atoms with Gasteiger partial charge in [-0.15, -0.1) is 0 Å². The molecule has 0 spiro atoms. The van der Waals surface area contributed by atoms with Crippen LogP contribution in [-0.2, 0) is 12.6 Å². The predicted octanol–water partition coefficient (Wildman–Crippen LogP) is 5.24. The zero-order valence-electron chi connectivity index (χ0n) is 10.9. The van der Waals surface area contributed by atoms with Crippen LogP contribution in [0, 0.1) is 6.92 Å². The van der Waals surface area contributed by atoms with Crippen molar-refractivity contribution in [1.29, 1.82) is 0 Å². The van der Waals surface area contributed by atoms with Gasteiger partial charge >= 0.3 is 6.18 Å². The van der Waals surface area contributed by atoms with Crippen molar-refractivity contribution in [1.82, 2.24) is 0 Å². The Kier molecular flexibility index (Phi) is 3.65. The Bertz CT molecular complexity index is 566. The molecule has 2 aromatic carbocycles. The van der Waals surface area contributed by atoms with Crippen molar-refractivity contribution in [2.24, 2.45) is 0 Å². The first kappa shape index (κ1) is 13.7. The van der Waals surface area contributed by atoms with Gasteiger partial charge in [-0.3, -0.25) is 0 Å². The SMILES string of the molecule is CCc1ccc(-c2ccc(C(F)(F)F)cc2C)cc1. The summed E-state index contributed by atoms with van der Waals surface area (Å²) in [5.74, 6) is 0. The molecule has 0 saturated carbocycles. The number of aryl methyl sites for hydroxylation is 2. The molecular weight excluding hydrogens is 249 g/mol. The lowest BCUT2D eigenvalue weighted by Gasteiger charge is -2.11. The minimum Gasteiger partial charge on any atom is -0.166 e. The standard InChI is InChI=1S/C16H15F3/c1-3-12-4-6-13(7-5-12)15-9-8-14(10-11(15)2)16(17,18)19/h4-10H,3H2,1-2H3. The summed E-state index contributed by atoms with van der Waals surface area (Å²) < 4.78 is 37.8. The summed E-state index contributed by atoms with van der Waals surface area (Å²) in [6.45, 7) is 3.77. The lowest BCUT2D eigenvalue weighted by Crippen LogP contribution is -2.05. The second kappa shape index (κ2) is 5.08. The van der Waals surface area contributed by atoms with Crippen molar-refractivity contribution >= 4 is 0 Å². The van der Waals surface area contributed by atoms with E-state index in [1.165, 1.54) is 11.6 Å². The molecule has 0 atom stereocenters. The second-order valence-corrected chi connectivity index (χ2v) is 4.58. The first-order chi connectivity index (χ1) is 8.91. The van der Waals surface area contributed by atoms with Gasteiger partial charge in [-0.25, -0.2) is 0 Å². The normalized spacial score (nSPS) is 11.6. The molecule has 19 heavy (non-hydrogen) atoms. The fourth-order valence-electron chi connectivity index (χ4n) is 2.08. The molecule has 0 unspecified atom stereocenters. The van der Waals surface area contributed by atoms with E-state index in [1.807, 2.05) is 24.3 Å². The molecule has 0 heterocycles. The smallest absolute Gasteiger partial charge is 0.166 e. The van der Waals surface area contributed by atoms with Gasteiger partial charge in [0.05, 0.1) is 5.56 Å². The van der Waals surface area contributed by atoms with Crippen LogP contribution < -0.4 is 0 Å². The average molecular weight is 264 g/mol. The minimum atomic E-state index is -4.28. The van der Waals surface area contributed by atoms with Crippen LogP contribution in [0.5, 0.6) is 0 Å². The van der Waals surface area contributed by atoms with Crippen molar-refractivity contribution in [2.75, 3.05) is 0 Å². The number of hydrogen-bond donors (Lipinski definition) is 0. The fraction of sp³-hybridized carbons (Fsp3) is 0.250. The Morgan fingerprint density at radius 2 is 1.58 bits per heavy atom. The monoisotopic (exact) mass is 264 g/mol. The van der Waals surface area contributed by atoms with E-state index in [4.69, 9.17) is 0 Å². The van der Waals surface area contributed by atoms with E-state index in [1.54, 1.807) is 13.0 Å². The van der Waals surface area contributed by atoms with Crippen LogP contribution in [0.4, 0.5) is 13.2 Å². The fourth-order valence-corrected chi connectivity index (χ4v) is 2.08. The van der Waals surface area contributed by atoms with Crippen LogP contribution in [0.2, 0.25) is 0 Å². The molecule has 0 radical (unpaired) electrons. The van der Waals surface area contributed by atoms with Crippen LogP contribution in [0.15, 0.2) is 42.5 Å². The minimum absolute atomic E-state index is 0.598. The van der Waals surface area contributed by atoms with Crippen LogP contribution in [0.3, 0.4) is 0 Å². The summed E-state index contributed by atoms with van der Waals surface area (Å²) in [6, 6.07) is 11.8. The Morgan fingerprint density at radius 1 is 0.947 bits per heavy atom. The highest BCUT2D eigenvalue weighted by Crippen LogP contribution is 2.33. The molecular formula is C16H15F3. The zero-order valence-corrected chi connectivity index (χ0v) is 10.9. The molecule has 0 fully saturated rings. The molecule has 3 heteroatoms. The number of rotatable bonds is 2. The number of halogens is 3. The van der Waals surface area contributed by atoms with Gasteiger partial charge < -0.3 is 0 Å². The van der Waals surface area contributed by atoms with Gasteiger partial charge in [-0.2, -0.15) is 13.2 Å². The van der Waals surface area contributed by atoms with E-state index >= 15 is 0 Å². The summed E-state index contributed by atoms with van der Waals surface area (Å²) >= 11 is 0.